The molecule has 1 fully saturated rings. The molecule has 0 saturated carbocycles. The molecule has 0 radical (unpaired) electrons. The van der Waals surface area contributed by atoms with E-state index in [0.29, 0.717) is 12.1 Å². The number of esters is 1. The Morgan fingerprint density at radius 3 is 2.33 bits per heavy atom. The van der Waals surface area contributed by atoms with Gasteiger partial charge in [0.1, 0.15) is 0 Å². The topological polar surface area (TPSA) is 90.7 Å². The zero-order chi connectivity index (χ0) is 20.6. The summed E-state index contributed by atoms with van der Waals surface area (Å²) < 4.78 is 11.6. The molecule has 27 heavy (non-hydrogen) atoms. The summed E-state index contributed by atoms with van der Waals surface area (Å²) in [6, 6.07) is -0.751. The Morgan fingerprint density at radius 1 is 1.22 bits per heavy atom. The van der Waals surface area contributed by atoms with Crippen LogP contribution < -0.4 is 0 Å². The van der Waals surface area contributed by atoms with Gasteiger partial charge in [-0.1, -0.05) is 0 Å². The molecule has 1 amide bonds. The van der Waals surface area contributed by atoms with Crippen molar-refractivity contribution in [3.8, 4) is 0 Å². The van der Waals surface area contributed by atoms with E-state index >= 15 is 0 Å². The van der Waals surface area contributed by atoms with Crippen LogP contribution in [0.5, 0.6) is 0 Å². The maximum absolute atomic E-state index is 12.4. The van der Waals surface area contributed by atoms with E-state index in [1.165, 1.54) is 18.0 Å². The number of aromatic nitrogens is 2. The van der Waals surface area contributed by atoms with Crippen LogP contribution in [-0.2, 0) is 19.1 Å². The minimum atomic E-state index is -0.751. The van der Waals surface area contributed by atoms with Gasteiger partial charge in [-0.3, -0.25) is 0 Å². The van der Waals surface area contributed by atoms with Gasteiger partial charge in [0.05, 0.1) is 0 Å². The molecular weight excluding hydrogens is 417 g/mol. The third kappa shape index (κ3) is 4.71. The molecule has 1 aliphatic heterocycles. The Morgan fingerprint density at radius 2 is 1.85 bits per heavy atom. The van der Waals surface area contributed by atoms with Gasteiger partial charge in [0, 0.05) is 0 Å². The van der Waals surface area contributed by atoms with Crippen molar-refractivity contribution in [2.24, 2.45) is 5.41 Å². The van der Waals surface area contributed by atoms with E-state index in [1.807, 2.05) is 20.8 Å². The number of hydrogen-bond donors (Lipinski definition) is 0. The third-order valence-electron chi connectivity index (χ3n) is 3.96. The molecule has 0 bridgehead atoms. The minimum absolute atomic E-state index is 0.0942. The van der Waals surface area contributed by atoms with Gasteiger partial charge >= 0.3 is 165 Å². The fraction of sp³-hybridized carbons (Fsp3) is 0.667. The van der Waals surface area contributed by atoms with Crippen LogP contribution in [0.15, 0.2) is 12.5 Å². The van der Waals surface area contributed by atoms with E-state index in [4.69, 9.17) is 9.47 Å². The number of imidazole rings is 1. The average Bonchev–Trinajstić information content (AvgIpc) is 3.15. The Balaban J connectivity index is 2.36. The zero-order valence-corrected chi connectivity index (χ0v) is 18.5. The van der Waals surface area contributed by atoms with Crippen LogP contribution in [-0.4, -0.2) is 71.6 Å². The quantitative estimate of drug-likeness (QED) is 0.401. The normalized spacial score (nSPS) is 23.2. The van der Waals surface area contributed by atoms with Crippen LogP contribution in [0.3, 0.4) is 0 Å². The predicted molar refractivity (Wildman–Crippen MR) is 99.3 cm³/mol. The van der Waals surface area contributed by atoms with E-state index in [0.717, 1.165) is 0 Å². The maximum atomic E-state index is 12.4. The molecule has 1 aromatic heterocycles. The van der Waals surface area contributed by atoms with Crippen molar-refractivity contribution in [2.45, 2.75) is 62.9 Å². The van der Waals surface area contributed by atoms with Crippen molar-refractivity contribution in [1.82, 2.24) is 14.5 Å². The van der Waals surface area contributed by atoms with E-state index in [1.54, 1.807) is 31.9 Å². The Hall–Kier alpha value is -1.86. The van der Waals surface area contributed by atoms with Crippen LogP contribution in [0.2, 0.25) is 0 Å². The number of nitrogens with zero attached hydrogens (tertiary/aromatic N) is 3. The first-order valence-corrected chi connectivity index (χ1v) is 10.6. The number of methoxy groups -OCH3 is 1. The Bertz CT molecular complexity index is 719. The van der Waals surface area contributed by atoms with Crippen molar-refractivity contribution in [3.05, 3.63) is 18.2 Å². The van der Waals surface area contributed by atoms with E-state index in [-0.39, 0.29) is 30.1 Å². The fourth-order valence-corrected chi connectivity index (χ4v) is 6.36. The summed E-state index contributed by atoms with van der Waals surface area (Å²) in [6.45, 7) is 11.5. The molecule has 0 spiro atoms. The third-order valence-corrected chi connectivity index (χ3v) is 8.16. The first-order valence-electron chi connectivity index (χ1n) is 8.62. The second-order valence-corrected chi connectivity index (χ2v) is 11.1. The van der Waals surface area contributed by atoms with Gasteiger partial charge in [-0.05, 0) is 0 Å². The van der Waals surface area contributed by atoms with Crippen LogP contribution in [0.4, 0.5) is 4.79 Å². The second-order valence-electron chi connectivity index (χ2n) is 8.48. The molecule has 0 aliphatic carbocycles. The van der Waals surface area contributed by atoms with Gasteiger partial charge in [-0.15, -0.1) is 0 Å². The molecular formula is C18H27N3O5Se. The van der Waals surface area contributed by atoms with Crippen LogP contribution in [0.25, 0.3) is 0 Å². The molecule has 8 nitrogen and oxygen atoms in total. The van der Waals surface area contributed by atoms with Gasteiger partial charge in [0.25, 0.3) is 0 Å². The summed E-state index contributed by atoms with van der Waals surface area (Å²) in [5.41, 5.74) is -0.246. The van der Waals surface area contributed by atoms with E-state index < -0.39 is 23.7 Å². The zero-order valence-electron chi connectivity index (χ0n) is 16.8. The number of rotatable bonds is 3. The molecule has 0 unspecified atom stereocenters. The van der Waals surface area contributed by atoms with Gasteiger partial charge in [-0.2, -0.15) is 0 Å². The summed E-state index contributed by atoms with van der Waals surface area (Å²) >= 11 is -0.134. The number of carbonyl (C=O) groups excluding carboxylic acids is 3. The summed E-state index contributed by atoms with van der Waals surface area (Å²) in [5.74, 6) is -0.479. The first-order chi connectivity index (χ1) is 12.4. The van der Waals surface area contributed by atoms with Crippen molar-refractivity contribution in [1.29, 1.82) is 0 Å². The summed E-state index contributed by atoms with van der Waals surface area (Å²) in [7, 11) is 1.30. The van der Waals surface area contributed by atoms with Gasteiger partial charge in [0.15, 0.2) is 0 Å². The SMILES string of the molecule is COC(=O)[C@@H]1[C@@H](c2cn(C(=O)OC(C)(C)C)cn2)[Se][C@H](C(C)(C)C)N1C=O. The molecule has 0 N–H and O–H groups in total. The summed E-state index contributed by atoms with van der Waals surface area (Å²) in [6.07, 6.45) is 3.12. The molecule has 9 heteroatoms. The van der Waals surface area contributed by atoms with Crippen LogP contribution in [0, 0.1) is 5.41 Å². The number of ether oxygens (including phenoxy) is 2. The molecule has 2 heterocycles. The van der Waals surface area contributed by atoms with Gasteiger partial charge in [0.2, 0.25) is 0 Å². The Kier molecular flexibility index (Phi) is 6.06. The van der Waals surface area contributed by atoms with Crippen molar-refractivity contribution in [2.75, 3.05) is 7.11 Å². The second kappa shape index (κ2) is 7.64. The fourth-order valence-electron chi connectivity index (χ4n) is 2.85. The molecule has 1 aliphatic rings. The summed E-state index contributed by atoms with van der Waals surface area (Å²) in [5, 5.41) is 0. The standard InChI is InChI=1S/C18H27N3O5Se/c1-17(2,3)15-21(10-22)12(14(23)25-7)13(27-15)11-8-20(9-19-11)16(24)26-18(4,5)6/h8-10,12-13,15H,1-7H3/t12-,13+,15+/m0/s1. The van der Waals surface area contributed by atoms with Crippen molar-refractivity contribution in [3.63, 3.8) is 0 Å². The predicted octanol–water partition coefficient (Wildman–Crippen LogP) is 1.80. The molecule has 3 atom stereocenters. The molecule has 0 aromatic carbocycles. The Labute approximate surface area is 165 Å². The molecule has 1 saturated heterocycles. The summed E-state index contributed by atoms with van der Waals surface area (Å²) in [4.78, 5) is 41.9. The average molecular weight is 444 g/mol. The van der Waals surface area contributed by atoms with E-state index in [2.05, 4.69) is 4.98 Å². The number of amides is 1. The van der Waals surface area contributed by atoms with E-state index in [9.17, 15) is 14.4 Å². The number of carbonyl (C=O) groups is 3. The van der Waals surface area contributed by atoms with Gasteiger partial charge in [-0.25, -0.2) is 0 Å². The first kappa shape index (κ1) is 21.4. The molecule has 2 rings (SSSR count). The van der Waals surface area contributed by atoms with Gasteiger partial charge < -0.3 is 0 Å². The molecule has 150 valence electrons. The molecule has 1 aromatic rings. The number of hydrogen-bond acceptors (Lipinski definition) is 6. The van der Waals surface area contributed by atoms with Crippen molar-refractivity contribution >= 4 is 33.4 Å². The van der Waals surface area contributed by atoms with Crippen molar-refractivity contribution < 1.29 is 23.9 Å². The van der Waals surface area contributed by atoms with Crippen LogP contribution in [0.1, 0.15) is 52.1 Å². The van der Waals surface area contributed by atoms with Crippen LogP contribution >= 0.6 is 0 Å². The monoisotopic (exact) mass is 445 g/mol.